The van der Waals surface area contributed by atoms with Gasteiger partial charge < -0.3 is 9.74 Å². The SMILES string of the molecule is C=CC(=O)ON1CCN(c2ncccn2)CC1. The minimum Gasteiger partial charge on any atom is -0.364 e. The van der Waals surface area contributed by atoms with E-state index in [2.05, 4.69) is 21.4 Å². The van der Waals surface area contributed by atoms with Crippen LogP contribution in [0.15, 0.2) is 31.1 Å². The zero-order chi connectivity index (χ0) is 12.1. The number of anilines is 1. The maximum Gasteiger partial charge on any atom is 0.349 e. The first-order chi connectivity index (χ1) is 8.29. The summed E-state index contributed by atoms with van der Waals surface area (Å²) in [4.78, 5) is 26.5. The van der Waals surface area contributed by atoms with Gasteiger partial charge in [-0.15, -0.1) is 5.06 Å². The second kappa shape index (κ2) is 5.40. The summed E-state index contributed by atoms with van der Waals surface area (Å²) < 4.78 is 0. The Morgan fingerprint density at radius 2 is 1.94 bits per heavy atom. The first-order valence-electron chi connectivity index (χ1n) is 5.41. The standard InChI is InChI=1S/C11H14N4O2/c1-2-10(16)17-15-8-6-14(7-9-15)11-12-4-3-5-13-11/h2-5H,1,6-9H2. The Morgan fingerprint density at radius 1 is 1.29 bits per heavy atom. The molecular weight excluding hydrogens is 220 g/mol. The zero-order valence-corrected chi connectivity index (χ0v) is 9.45. The van der Waals surface area contributed by atoms with Gasteiger partial charge in [0.2, 0.25) is 5.95 Å². The van der Waals surface area contributed by atoms with Crippen molar-refractivity contribution in [1.29, 1.82) is 0 Å². The van der Waals surface area contributed by atoms with Crippen molar-refractivity contribution in [2.75, 3.05) is 31.1 Å². The maximum atomic E-state index is 11.0. The van der Waals surface area contributed by atoms with Gasteiger partial charge in [-0.05, 0) is 6.07 Å². The quantitative estimate of drug-likeness (QED) is 0.698. The van der Waals surface area contributed by atoms with Crippen LogP contribution in [0.5, 0.6) is 0 Å². The molecule has 0 saturated carbocycles. The fourth-order valence-corrected chi connectivity index (χ4v) is 1.60. The summed E-state index contributed by atoms with van der Waals surface area (Å²) in [5.41, 5.74) is 0. The molecule has 1 fully saturated rings. The van der Waals surface area contributed by atoms with Gasteiger partial charge in [0.1, 0.15) is 0 Å². The monoisotopic (exact) mass is 234 g/mol. The molecule has 2 rings (SSSR count). The van der Waals surface area contributed by atoms with Crippen LogP contribution in [0.25, 0.3) is 0 Å². The smallest absolute Gasteiger partial charge is 0.349 e. The summed E-state index contributed by atoms with van der Waals surface area (Å²) in [6.07, 6.45) is 4.59. The molecule has 1 aromatic heterocycles. The molecule has 17 heavy (non-hydrogen) atoms. The van der Waals surface area contributed by atoms with Crippen molar-refractivity contribution in [1.82, 2.24) is 15.0 Å². The zero-order valence-electron chi connectivity index (χ0n) is 9.45. The number of hydrogen-bond donors (Lipinski definition) is 0. The van der Waals surface area contributed by atoms with Gasteiger partial charge in [-0.25, -0.2) is 14.8 Å². The molecule has 1 aromatic rings. The largest absolute Gasteiger partial charge is 0.364 e. The Labute approximate surface area is 99.5 Å². The highest BCUT2D eigenvalue weighted by atomic mass is 16.7. The van der Waals surface area contributed by atoms with Crippen LogP contribution in [0.3, 0.4) is 0 Å². The third-order valence-corrected chi connectivity index (χ3v) is 2.46. The Bertz CT molecular complexity index is 388. The van der Waals surface area contributed by atoms with Crippen molar-refractivity contribution in [2.45, 2.75) is 0 Å². The van der Waals surface area contributed by atoms with E-state index in [-0.39, 0.29) is 0 Å². The van der Waals surface area contributed by atoms with Crippen molar-refractivity contribution in [3.05, 3.63) is 31.1 Å². The van der Waals surface area contributed by atoms with Gasteiger partial charge in [0.25, 0.3) is 0 Å². The van der Waals surface area contributed by atoms with E-state index in [4.69, 9.17) is 4.84 Å². The van der Waals surface area contributed by atoms with Crippen LogP contribution in [0.4, 0.5) is 5.95 Å². The van der Waals surface area contributed by atoms with Gasteiger partial charge in [-0.2, -0.15) is 0 Å². The second-order valence-corrected chi connectivity index (χ2v) is 3.58. The molecule has 1 aliphatic rings. The topological polar surface area (TPSA) is 58.6 Å². The van der Waals surface area contributed by atoms with Gasteiger partial charge in [-0.3, -0.25) is 0 Å². The first-order valence-corrected chi connectivity index (χ1v) is 5.41. The third kappa shape index (κ3) is 3.01. The van der Waals surface area contributed by atoms with E-state index in [1.54, 1.807) is 23.5 Å². The number of hydroxylamine groups is 2. The van der Waals surface area contributed by atoms with E-state index in [1.807, 2.05) is 0 Å². The molecular formula is C11H14N4O2. The molecule has 1 saturated heterocycles. The number of carbonyl (C=O) groups excluding carboxylic acids is 1. The van der Waals surface area contributed by atoms with Crippen LogP contribution in [0, 0.1) is 0 Å². The molecule has 0 aliphatic carbocycles. The van der Waals surface area contributed by atoms with Crippen LogP contribution in [0.2, 0.25) is 0 Å². The second-order valence-electron chi connectivity index (χ2n) is 3.58. The van der Waals surface area contributed by atoms with E-state index >= 15 is 0 Å². The van der Waals surface area contributed by atoms with Gasteiger partial charge >= 0.3 is 5.97 Å². The first kappa shape index (κ1) is 11.5. The lowest BCUT2D eigenvalue weighted by molar-refractivity contribution is -0.185. The van der Waals surface area contributed by atoms with Gasteiger partial charge in [-0.1, -0.05) is 6.58 Å². The van der Waals surface area contributed by atoms with Gasteiger partial charge in [0.05, 0.1) is 13.1 Å². The summed E-state index contributed by atoms with van der Waals surface area (Å²) >= 11 is 0. The molecule has 0 radical (unpaired) electrons. The fourth-order valence-electron chi connectivity index (χ4n) is 1.60. The van der Waals surface area contributed by atoms with E-state index < -0.39 is 5.97 Å². The Hall–Kier alpha value is -1.95. The Morgan fingerprint density at radius 3 is 2.53 bits per heavy atom. The number of nitrogens with zero attached hydrogens (tertiary/aromatic N) is 4. The molecule has 0 N–H and O–H groups in total. The highest BCUT2D eigenvalue weighted by molar-refractivity contribution is 5.80. The number of carbonyl (C=O) groups is 1. The van der Waals surface area contributed by atoms with E-state index in [1.165, 1.54) is 0 Å². The lowest BCUT2D eigenvalue weighted by Crippen LogP contribution is -2.47. The minimum atomic E-state index is -0.422. The molecule has 0 spiro atoms. The molecule has 1 aliphatic heterocycles. The fraction of sp³-hybridized carbons (Fsp3) is 0.364. The van der Waals surface area contributed by atoms with Crippen LogP contribution >= 0.6 is 0 Å². The highest BCUT2D eigenvalue weighted by Crippen LogP contribution is 2.09. The number of aromatic nitrogens is 2. The molecule has 6 heteroatoms. The number of hydrogen-bond acceptors (Lipinski definition) is 6. The molecule has 0 bridgehead atoms. The summed E-state index contributed by atoms with van der Waals surface area (Å²) in [5.74, 6) is 0.289. The predicted molar refractivity (Wildman–Crippen MR) is 62.1 cm³/mol. The summed E-state index contributed by atoms with van der Waals surface area (Å²) in [7, 11) is 0. The van der Waals surface area contributed by atoms with Crippen LogP contribution < -0.4 is 4.90 Å². The average molecular weight is 234 g/mol. The van der Waals surface area contributed by atoms with E-state index in [0.717, 1.165) is 19.2 Å². The van der Waals surface area contributed by atoms with Crippen molar-refractivity contribution in [2.24, 2.45) is 0 Å². The van der Waals surface area contributed by atoms with Crippen molar-refractivity contribution < 1.29 is 9.63 Å². The molecule has 2 heterocycles. The summed E-state index contributed by atoms with van der Waals surface area (Å²) in [6, 6.07) is 1.78. The molecule has 0 unspecified atom stereocenters. The van der Waals surface area contributed by atoms with Crippen molar-refractivity contribution in [3.63, 3.8) is 0 Å². The highest BCUT2D eigenvalue weighted by Gasteiger charge is 2.20. The van der Waals surface area contributed by atoms with Crippen LogP contribution in [0.1, 0.15) is 0 Å². The number of rotatable bonds is 3. The molecule has 0 atom stereocenters. The lowest BCUT2D eigenvalue weighted by atomic mass is 10.4. The van der Waals surface area contributed by atoms with Gasteiger partial charge in [0.15, 0.2) is 0 Å². The molecule has 90 valence electrons. The molecule has 0 amide bonds. The lowest BCUT2D eigenvalue weighted by Gasteiger charge is -2.32. The number of piperazine rings is 1. The summed E-state index contributed by atoms with van der Waals surface area (Å²) in [5, 5.41) is 1.63. The normalized spacial score (nSPS) is 16.6. The average Bonchev–Trinajstić information content (AvgIpc) is 2.40. The minimum absolute atomic E-state index is 0.422. The summed E-state index contributed by atoms with van der Waals surface area (Å²) in [6.45, 7) is 6.09. The molecule has 6 nitrogen and oxygen atoms in total. The van der Waals surface area contributed by atoms with Crippen molar-refractivity contribution >= 4 is 11.9 Å². The Kier molecular flexibility index (Phi) is 3.66. The third-order valence-electron chi connectivity index (χ3n) is 2.46. The van der Waals surface area contributed by atoms with Crippen molar-refractivity contribution in [3.8, 4) is 0 Å². The van der Waals surface area contributed by atoms with Gasteiger partial charge in [0, 0.05) is 31.6 Å². The molecule has 0 aromatic carbocycles. The van der Waals surface area contributed by atoms with E-state index in [9.17, 15) is 4.79 Å². The van der Waals surface area contributed by atoms with Crippen LogP contribution in [-0.4, -0.2) is 47.2 Å². The Balaban J connectivity index is 1.86. The van der Waals surface area contributed by atoms with E-state index in [0.29, 0.717) is 19.0 Å². The predicted octanol–water partition coefficient (Wildman–Crippen LogP) is 0.243. The maximum absolute atomic E-state index is 11.0. The van der Waals surface area contributed by atoms with Crippen LogP contribution in [-0.2, 0) is 9.63 Å².